The molecule has 18 heavy (non-hydrogen) atoms. The summed E-state index contributed by atoms with van der Waals surface area (Å²) < 4.78 is 5.14. The number of halogens is 1. The second kappa shape index (κ2) is 5.60. The number of Topliss-reactive ketones (excluding diaryl/α,β-unsaturated/α-hetero) is 1. The van der Waals surface area contributed by atoms with E-state index in [2.05, 4.69) is 10.2 Å². The number of benzene rings is 1. The number of aromatic nitrogens is 2. The highest BCUT2D eigenvalue weighted by molar-refractivity contribution is 6.31. The van der Waals surface area contributed by atoms with Crippen molar-refractivity contribution in [2.45, 2.75) is 6.42 Å². The summed E-state index contributed by atoms with van der Waals surface area (Å²) in [6, 6.07) is 8.44. The average Bonchev–Trinajstić information content (AvgIpc) is 2.40. The van der Waals surface area contributed by atoms with E-state index in [4.69, 9.17) is 16.3 Å². The van der Waals surface area contributed by atoms with Crippen LogP contribution in [-0.4, -0.2) is 23.1 Å². The van der Waals surface area contributed by atoms with E-state index in [1.54, 1.807) is 36.5 Å². The Labute approximate surface area is 110 Å². The van der Waals surface area contributed by atoms with E-state index in [0.29, 0.717) is 22.0 Å². The Kier molecular flexibility index (Phi) is 3.89. The van der Waals surface area contributed by atoms with Crippen molar-refractivity contribution >= 4 is 17.4 Å². The number of hydrogen-bond acceptors (Lipinski definition) is 4. The van der Waals surface area contributed by atoms with Gasteiger partial charge in [-0.1, -0.05) is 11.6 Å². The molecule has 0 unspecified atom stereocenters. The van der Waals surface area contributed by atoms with Crippen molar-refractivity contribution in [3.8, 4) is 5.75 Å². The summed E-state index contributed by atoms with van der Waals surface area (Å²) in [5, 5.41) is 8.11. The van der Waals surface area contributed by atoms with Crippen molar-refractivity contribution in [3.05, 3.63) is 52.8 Å². The summed E-state index contributed by atoms with van der Waals surface area (Å²) in [4.78, 5) is 12.1. The lowest BCUT2D eigenvalue weighted by Crippen LogP contribution is -2.07. The average molecular weight is 263 g/mol. The highest BCUT2D eigenvalue weighted by Gasteiger charge is 2.14. The first-order valence-corrected chi connectivity index (χ1v) is 5.72. The van der Waals surface area contributed by atoms with E-state index in [-0.39, 0.29) is 12.2 Å². The molecule has 1 heterocycles. The molecule has 0 N–H and O–H groups in total. The van der Waals surface area contributed by atoms with Gasteiger partial charge in [-0.25, -0.2) is 0 Å². The Hall–Kier alpha value is -1.94. The second-order valence-electron chi connectivity index (χ2n) is 3.66. The maximum Gasteiger partial charge on any atom is 0.172 e. The lowest BCUT2D eigenvalue weighted by atomic mass is 10.1. The van der Waals surface area contributed by atoms with E-state index in [1.807, 2.05) is 0 Å². The number of nitrogens with zero attached hydrogens (tertiary/aromatic N) is 2. The molecular weight excluding hydrogens is 252 g/mol. The summed E-state index contributed by atoms with van der Waals surface area (Å²) in [5.74, 6) is 0.406. The smallest absolute Gasteiger partial charge is 0.172 e. The molecule has 0 radical (unpaired) electrons. The van der Waals surface area contributed by atoms with Crippen molar-refractivity contribution in [2.24, 2.45) is 0 Å². The molecule has 1 aromatic carbocycles. The van der Waals surface area contributed by atoms with Crippen LogP contribution in [0.15, 0.2) is 36.5 Å². The van der Waals surface area contributed by atoms with Crippen LogP contribution in [0.25, 0.3) is 0 Å². The molecule has 2 aromatic rings. The monoisotopic (exact) mass is 262 g/mol. The van der Waals surface area contributed by atoms with E-state index < -0.39 is 0 Å². The highest BCUT2D eigenvalue weighted by Crippen LogP contribution is 2.23. The van der Waals surface area contributed by atoms with Gasteiger partial charge in [0.25, 0.3) is 0 Å². The maximum absolute atomic E-state index is 12.1. The van der Waals surface area contributed by atoms with Gasteiger partial charge in [-0.05, 0) is 30.3 Å². The molecule has 5 heteroatoms. The molecule has 0 amide bonds. The number of carbonyl (C=O) groups is 1. The number of ether oxygens (including phenoxy) is 1. The molecule has 1 aromatic heterocycles. The highest BCUT2D eigenvalue weighted by atomic mass is 35.5. The van der Waals surface area contributed by atoms with Crippen LogP contribution in [0, 0.1) is 0 Å². The predicted octanol–water partition coefficient (Wildman–Crippen LogP) is 2.56. The fourth-order valence-electron chi connectivity index (χ4n) is 1.59. The quantitative estimate of drug-likeness (QED) is 0.795. The summed E-state index contributed by atoms with van der Waals surface area (Å²) in [6.45, 7) is 0. The molecule has 0 spiro atoms. The number of carbonyl (C=O) groups excluding carboxylic acids is 1. The molecule has 4 nitrogen and oxygen atoms in total. The second-order valence-corrected chi connectivity index (χ2v) is 4.10. The SMILES string of the molecule is COc1ccc(Cl)cc1C(=O)Cc1cccnn1. The van der Waals surface area contributed by atoms with Crippen LogP contribution in [0.5, 0.6) is 5.75 Å². The maximum atomic E-state index is 12.1. The fraction of sp³-hybridized carbons (Fsp3) is 0.154. The molecule has 92 valence electrons. The third-order valence-corrected chi connectivity index (χ3v) is 2.67. The van der Waals surface area contributed by atoms with Crippen molar-refractivity contribution in [2.75, 3.05) is 7.11 Å². The van der Waals surface area contributed by atoms with Crippen LogP contribution in [0.1, 0.15) is 16.1 Å². The standard InChI is InChI=1S/C13H11ClN2O2/c1-18-13-5-4-9(14)7-11(13)12(17)8-10-3-2-6-15-16-10/h2-7H,8H2,1H3. The lowest BCUT2D eigenvalue weighted by molar-refractivity contribution is 0.0988. The van der Waals surface area contributed by atoms with Crippen molar-refractivity contribution in [1.29, 1.82) is 0 Å². The van der Waals surface area contributed by atoms with Crippen LogP contribution in [0.3, 0.4) is 0 Å². The largest absolute Gasteiger partial charge is 0.496 e. The van der Waals surface area contributed by atoms with Gasteiger partial charge in [0.05, 0.1) is 24.8 Å². The molecule has 0 fully saturated rings. The van der Waals surface area contributed by atoms with Crippen LogP contribution in [-0.2, 0) is 6.42 Å². The zero-order valence-electron chi connectivity index (χ0n) is 9.76. The van der Waals surface area contributed by atoms with Crippen LogP contribution >= 0.6 is 11.6 Å². The van der Waals surface area contributed by atoms with Gasteiger partial charge in [0.2, 0.25) is 0 Å². The van der Waals surface area contributed by atoms with Crippen molar-refractivity contribution < 1.29 is 9.53 Å². The lowest BCUT2D eigenvalue weighted by Gasteiger charge is -2.07. The zero-order valence-corrected chi connectivity index (χ0v) is 10.5. The minimum Gasteiger partial charge on any atom is -0.496 e. The van der Waals surface area contributed by atoms with Crippen LogP contribution in [0.4, 0.5) is 0 Å². The normalized spacial score (nSPS) is 10.1. The van der Waals surface area contributed by atoms with Crippen LogP contribution < -0.4 is 4.74 Å². The molecule has 0 aliphatic heterocycles. The summed E-state index contributed by atoms with van der Waals surface area (Å²) >= 11 is 5.89. The van der Waals surface area contributed by atoms with Gasteiger partial charge < -0.3 is 4.74 Å². The first-order chi connectivity index (χ1) is 8.70. The Balaban J connectivity index is 2.26. The van der Waals surface area contributed by atoms with Gasteiger partial charge >= 0.3 is 0 Å². The first kappa shape index (κ1) is 12.5. The molecule has 0 atom stereocenters. The van der Waals surface area contributed by atoms with Gasteiger partial charge in [0.15, 0.2) is 5.78 Å². The molecule has 2 rings (SSSR count). The Morgan fingerprint density at radius 1 is 1.39 bits per heavy atom. The molecule has 0 bridgehead atoms. The third kappa shape index (κ3) is 2.84. The van der Waals surface area contributed by atoms with Gasteiger partial charge in [-0.3, -0.25) is 4.79 Å². The summed E-state index contributed by atoms with van der Waals surface area (Å²) in [5.41, 5.74) is 1.07. The van der Waals surface area contributed by atoms with E-state index >= 15 is 0 Å². The molecule has 0 aliphatic rings. The van der Waals surface area contributed by atoms with Gasteiger partial charge in [-0.15, -0.1) is 0 Å². The zero-order chi connectivity index (χ0) is 13.0. The molecule has 0 saturated carbocycles. The van der Waals surface area contributed by atoms with Crippen molar-refractivity contribution in [1.82, 2.24) is 10.2 Å². The van der Waals surface area contributed by atoms with Gasteiger partial charge in [0, 0.05) is 11.2 Å². The number of ketones is 1. The topological polar surface area (TPSA) is 52.1 Å². The number of rotatable bonds is 4. The Morgan fingerprint density at radius 3 is 2.89 bits per heavy atom. The van der Waals surface area contributed by atoms with E-state index in [0.717, 1.165) is 0 Å². The molecule has 0 aliphatic carbocycles. The van der Waals surface area contributed by atoms with Crippen molar-refractivity contribution in [3.63, 3.8) is 0 Å². The summed E-state index contributed by atoms with van der Waals surface area (Å²) in [7, 11) is 1.52. The van der Waals surface area contributed by atoms with E-state index in [9.17, 15) is 4.79 Å². The summed E-state index contributed by atoms with van der Waals surface area (Å²) in [6.07, 6.45) is 1.73. The minimum absolute atomic E-state index is 0.102. The Bertz CT molecular complexity index is 558. The minimum atomic E-state index is -0.102. The fourth-order valence-corrected chi connectivity index (χ4v) is 1.76. The number of hydrogen-bond donors (Lipinski definition) is 0. The predicted molar refractivity (Wildman–Crippen MR) is 68.1 cm³/mol. The number of methoxy groups -OCH3 is 1. The Morgan fingerprint density at radius 2 is 2.22 bits per heavy atom. The van der Waals surface area contributed by atoms with Gasteiger partial charge in [-0.2, -0.15) is 10.2 Å². The molecular formula is C13H11ClN2O2. The third-order valence-electron chi connectivity index (χ3n) is 2.43. The van der Waals surface area contributed by atoms with E-state index in [1.165, 1.54) is 7.11 Å². The van der Waals surface area contributed by atoms with Gasteiger partial charge in [0.1, 0.15) is 5.75 Å². The molecule has 0 saturated heterocycles. The van der Waals surface area contributed by atoms with Crippen LogP contribution in [0.2, 0.25) is 5.02 Å². The first-order valence-electron chi connectivity index (χ1n) is 5.34.